The Bertz CT molecular complexity index is 900. The van der Waals surface area contributed by atoms with Crippen LogP contribution in [0.1, 0.15) is 41.4 Å². The predicted octanol–water partition coefficient (Wildman–Crippen LogP) is 2.29. The third kappa shape index (κ3) is 2.44. The molecule has 2 aromatic carbocycles. The van der Waals surface area contributed by atoms with E-state index in [0.717, 1.165) is 12.1 Å². The minimum Gasteiger partial charge on any atom is -0.478 e. The molecule has 0 aliphatic carbocycles. The molecule has 0 spiro atoms. The number of aromatic carboxylic acids is 4. The second-order valence-corrected chi connectivity index (χ2v) is 4.77. The van der Waals surface area contributed by atoms with Crippen LogP contribution in [-0.4, -0.2) is 44.3 Å². The lowest BCUT2D eigenvalue weighted by atomic mass is 9.91. The van der Waals surface area contributed by atoms with Crippen molar-refractivity contribution in [3.8, 4) is 0 Å². The summed E-state index contributed by atoms with van der Waals surface area (Å²) >= 11 is 5.79. The smallest absolute Gasteiger partial charge is 0.338 e. The zero-order valence-electron chi connectivity index (χ0n) is 11.0. The van der Waals surface area contributed by atoms with Gasteiger partial charge in [-0.2, -0.15) is 0 Å². The van der Waals surface area contributed by atoms with E-state index in [-0.39, 0.29) is 5.39 Å². The van der Waals surface area contributed by atoms with E-state index in [9.17, 15) is 39.6 Å². The van der Waals surface area contributed by atoms with Crippen LogP contribution in [-0.2, 0) is 0 Å². The molecule has 0 saturated heterocycles. The molecule has 0 aromatic heterocycles. The van der Waals surface area contributed by atoms with Gasteiger partial charge in [0.1, 0.15) is 0 Å². The topological polar surface area (TPSA) is 149 Å². The molecule has 0 aliphatic rings. The predicted molar refractivity (Wildman–Crippen MR) is 76.8 cm³/mol. The highest BCUT2D eigenvalue weighted by Crippen LogP contribution is 2.36. The first-order chi connectivity index (χ1) is 10.7. The summed E-state index contributed by atoms with van der Waals surface area (Å²) in [5, 5.41) is 35.4. The number of hydrogen-bond acceptors (Lipinski definition) is 4. The van der Waals surface area contributed by atoms with Crippen molar-refractivity contribution in [2.24, 2.45) is 0 Å². The number of carboxylic acids is 4. The van der Waals surface area contributed by atoms with Gasteiger partial charge in [-0.15, -0.1) is 0 Å². The van der Waals surface area contributed by atoms with E-state index in [2.05, 4.69) is 0 Å². The Hall–Kier alpha value is -3.13. The van der Waals surface area contributed by atoms with Crippen LogP contribution in [0.5, 0.6) is 0 Å². The maximum Gasteiger partial charge on any atom is 0.338 e. The van der Waals surface area contributed by atoms with E-state index in [0.29, 0.717) is 0 Å². The lowest BCUT2D eigenvalue weighted by Gasteiger charge is -2.14. The Morgan fingerprint density at radius 2 is 1.26 bits per heavy atom. The van der Waals surface area contributed by atoms with Crippen molar-refractivity contribution in [3.05, 3.63) is 45.5 Å². The maximum atomic E-state index is 11.5. The van der Waals surface area contributed by atoms with Gasteiger partial charge in [0.25, 0.3) is 0 Å². The molecule has 2 rings (SSSR count). The molecule has 0 bridgehead atoms. The molecule has 0 radical (unpaired) electrons. The summed E-state index contributed by atoms with van der Waals surface area (Å²) < 4.78 is 0. The van der Waals surface area contributed by atoms with Gasteiger partial charge >= 0.3 is 23.9 Å². The zero-order valence-corrected chi connectivity index (χ0v) is 11.8. The molecule has 9 heteroatoms. The lowest BCUT2D eigenvalue weighted by molar-refractivity contribution is 0.0650. The van der Waals surface area contributed by atoms with Gasteiger partial charge in [-0.1, -0.05) is 23.7 Å². The van der Waals surface area contributed by atoms with Crippen LogP contribution in [0.3, 0.4) is 0 Å². The van der Waals surface area contributed by atoms with Gasteiger partial charge in [0.05, 0.1) is 27.3 Å². The fraction of sp³-hybridized carbons (Fsp3) is 0. The molecule has 0 aliphatic heterocycles. The molecule has 118 valence electrons. The maximum absolute atomic E-state index is 11.5. The first-order valence-corrected chi connectivity index (χ1v) is 6.27. The molecule has 4 N–H and O–H groups in total. The Morgan fingerprint density at radius 3 is 1.70 bits per heavy atom. The van der Waals surface area contributed by atoms with E-state index in [1.165, 1.54) is 6.07 Å². The monoisotopic (exact) mass is 338 g/mol. The Kier molecular flexibility index (Phi) is 3.94. The Labute approximate surface area is 132 Å². The number of hydrogen-bond donors (Lipinski definition) is 4. The Morgan fingerprint density at radius 1 is 0.739 bits per heavy atom. The molecule has 0 atom stereocenters. The largest absolute Gasteiger partial charge is 0.478 e. The molecule has 0 fully saturated rings. The van der Waals surface area contributed by atoms with Gasteiger partial charge in [0, 0.05) is 5.39 Å². The van der Waals surface area contributed by atoms with Gasteiger partial charge in [0.15, 0.2) is 0 Å². The quantitative estimate of drug-likeness (QED) is 0.663. The summed E-state index contributed by atoms with van der Waals surface area (Å²) in [6.07, 6.45) is 0. The van der Waals surface area contributed by atoms with Gasteiger partial charge in [0.2, 0.25) is 0 Å². The molecule has 0 saturated carbocycles. The number of rotatable bonds is 4. The second-order valence-electron chi connectivity index (χ2n) is 4.39. The van der Waals surface area contributed by atoms with Crippen LogP contribution in [0.15, 0.2) is 18.2 Å². The van der Waals surface area contributed by atoms with E-state index >= 15 is 0 Å². The molecule has 0 unspecified atom stereocenters. The number of carbonyl (C=O) groups is 4. The van der Waals surface area contributed by atoms with Crippen LogP contribution in [0.2, 0.25) is 5.02 Å². The summed E-state index contributed by atoms with van der Waals surface area (Å²) in [6, 6.07) is 3.41. The minimum atomic E-state index is -1.78. The summed E-state index contributed by atoms with van der Waals surface area (Å²) in [7, 11) is 0. The van der Waals surface area contributed by atoms with Crippen molar-refractivity contribution in [3.63, 3.8) is 0 Å². The van der Waals surface area contributed by atoms with Gasteiger partial charge in [-0.05, 0) is 11.5 Å². The molecular formula is C14H7ClO8. The average molecular weight is 339 g/mol. The highest BCUT2D eigenvalue weighted by Gasteiger charge is 2.31. The van der Waals surface area contributed by atoms with Crippen LogP contribution in [0.25, 0.3) is 10.8 Å². The summed E-state index contributed by atoms with van der Waals surface area (Å²) in [4.78, 5) is 45.6. The van der Waals surface area contributed by atoms with E-state index in [1.54, 1.807) is 0 Å². The normalized spacial score (nSPS) is 10.5. The molecule has 0 heterocycles. The van der Waals surface area contributed by atoms with Crippen molar-refractivity contribution in [2.45, 2.75) is 0 Å². The highest BCUT2D eigenvalue weighted by molar-refractivity contribution is 6.40. The van der Waals surface area contributed by atoms with Crippen LogP contribution < -0.4 is 0 Å². The van der Waals surface area contributed by atoms with Crippen molar-refractivity contribution in [1.29, 1.82) is 0 Å². The highest BCUT2D eigenvalue weighted by atomic mass is 35.5. The average Bonchev–Trinajstić information content (AvgIpc) is 2.43. The molecule has 0 amide bonds. The zero-order chi connectivity index (χ0) is 17.5. The van der Waals surface area contributed by atoms with E-state index < -0.39 is 56.5 Å². The first-order valence-electron chi connectivity index (χ1n) is 5.89. The second kappa shape index (κ2) is 5.58. The summed E-state index contributed by atoms with van der Waals surface area (Å²) in [5.41, 5.74) is -3.06. The van der Waals surface area contributed by atoms with Crippen molar-refractivity contribution >= 4 is 46.3 Å². The van der Waals surface area contributed by atoms with Gasteiger partial charge in [-0.3, -0.25) is 0 Å². The number of halogens is 1. The first kappa shape index (κ1) is 16.2. The van der Waals surface area contributed by atoms with Crippen molar-refractivity contribution in [1.82, 2.24) is 0 Å². The van der Waals surface area contributed by atoms with Crippen molar-refractivity contribution in [2.75, 3.05) is 0 Å². The van der Waals surface area contributed by atoms with Crippen molar-refractivity contribution < 1.29 is 39.6 Å². The Balaban J connectivity index is 3.28. The SMILES string of the molecule is O=C(O)c1c(Cl)c(C(=O)O)c2cccc(C(=O)O)c2c1C(=O)O. The van der Waals surface area contributed by atoms with Crippen LogP contribution in [0.4, 0.5) is 0 Å². The molecule has 8 nitrogen and oxygen atoms in total. The summed E-state index contributed by atoms with van der Waals surface area (Å²) in [6.45, 7) is 0. The molecule has 2 aromatic rings. The van der Waals surface area contributed by atoms with Gasteiger partial charge < -0.3 is 20.4 Å². The number of fused-ring (bicyclic) bond motifs is 1. The third-order valence-corrected chi connectivity index (χ3v) is 3.52. The fourth-order valence-corrected chi connectivity index (χ4v) is 2.67. The molecule has 23 heavy (non-hydrogen) atoms. The number of carboxylic acid groups (broad SMARTS) is 4. The molecular weight excluding hydrogens is 332 g/mol. The lowest BCUT2D eigenvalue weighted by Crippen LogP contribution is -2.15. The van der Waals surface area contributed by atoms with Crippen LogP contribution in [0, 0.1) is 0 Å². The fourth-order valence-electron chi connectivity index (χ4n) is 2.31. The summed E-state index contributed by atoms with van der Waals surface area (Å²) in [5.74, 6) is -6.66. The number of benzene rings is 2. The van der Waals surface area contributed by atoms with Gasteiger partial charge in [-0.25, -0.2) is 19.2 Å². The minimum absolute atomic E-state index is 0.273. The standard InChI is InChI=1S/C14H7ClO8/c15-10-7(12(18)19)4-2-1-3-5(11(16)17)6(4)8(13(20)21)9(10)14(22)23/h1-3H,(H,16,17)(H,18,19)(H,20,21)(H,22,23). The third-order valence-electron chi connectivity index (χ3n) is 3.14. The van der Waals surface area contributed by atoms with Crippen LogP contribution >= 0.6 is 11.6 Å². The van der Waals surface area contributed by atoms with E-state index in [1.807, 2.05) is 0 Å². The van der Waals surface area contributed by atoms with E-state index in [4.69, 9.17) is 11.6 Å².